The Morgan fingerprint density at radius 3 is 2.51 bits per heavy atom. The summed E-state index contributed by atoms with van der Waals surface area (Å²) in [6.07, 6.45) is 1.74. The maximum Gasteiger partial charge on any atom is 0.344 e. The molecule has 3 heterocycles. The van der Waals surface area contributed by atoms with Crippen molar-refractivity contribution in [2.24, 2.45) is 0 Å². The summed E-state index contributed by atoms with van der Waals surface area (Å²) in [4.78, 5) is 25.9. The van der Waals surface area contributed by atoms with E-state index < -0.39 is 11.9 Å². The molecule has 0 saturated heterocycles. The minimum atomic E-state index is -0.633. The third-order valence-electron chi connectivity index (χ3n) is 5.36. The van der Waals surface area contributed by atoms with Gasteiger partial charge in [-0.15, -0.1) is 11.8 Å². The molecule has 0 amide bonds. The van der Waals surface area contributed by atoms with Crippen LogP contribution < -0.4 is 5.73 Å². The van der Waals surface area contributed by atoms with Crippen molar-refractivity contribution in [3.05, 3.63) is 78.0 Å². The van der Waals surface area contributed by atoms with Crippen LogP contribution in [0, 0.1) is 0 Å². The van der Waals surface area contributed by atoms with Crippen molar-refractivity contribution in [1.82, 2.24) is 19.6 Å². The van der Waals surface area contributed by atoms with Gasteiger partial charge in [0.2, 0.25) is 0 Å². The van der Waals surface area contributed by atoms with Gasteiger partial charge in [-0.25, -0.2) is 9.48 Å². The predicted octanol–water partition coefficient (Wildman–Crippen LogP) is 4.65. The summed E-state index contributed by atoms with van der Waals surface area (Å²) in [7, 11) is 0. The van der Waals surface area contributed by atoms with E-state index in [1.54, 1.807) is 23.9 Å². The number of carbonyl (C=O) groups excluding carboxylic acids is 2. The maximum absolute atomic E-state index is 13.5. The predicted molar refractivity (Wildman–Crippen MR) is 133 cm³/mol. The highest BCUT2D eigenvalue weighted by Gasteiger charge is 2.28. The maximum atomic E-state index is 13.5. The van der Waals surface area contributed by atoms with Gasteiger partial charge in [0, 0.05) is 11.5 Å². The zero-order chi connectivity index (χ0) is 24.5. The summed E-state index contributed by atoms with van der Waals surface area (Å²) in [5.41, 5.74) is 8.37. The van der Waals surface area contributed by atoms with Gasteiger partial charge in [-0.1, -0.05) is 36.4 Å². The molecule has 0 bridgehead atoms. The third kappa shape index (κ3) is 3.97. The zero-order valence-corrected chi connectivity index (χ0v) is 19.8. The Kier molecular flexibility index (Phi) is 5.87. The zero-order valence-electron chi connectivity index (χ0n) is 19.0. The number of furan rings is 1. The molecule has 35 heavy (non-hydrogen) atoms. The first kappa shape index (κ1) is 22.5. The molecule has 5 rings (SSSR count). The van der Waals surface area contributed by atoms with Crippen LogP contribution in [0.5, 0.6) is 0 Å². The summed E-state index contributed by atoms with van der Waals surface area (Å²) in [6.45, 7) is 1.87. The highest BCUT2D eigenvalue weighted by atomic mass is 32.2. The minimum Gasteiger partial charge on any atom is -0.462 e. The van der Waals surface area contributed by atoms with E-state index in [1.165, 1.54) is 11.8 Å². The second kappa shape index (κ2) is 9.15. The van der Waals surface area contributed by atoms with E-state index in [-0.39, 0.29) is 23.7 Å². The van der Waals surface area contributed by atoms with E-state index in [9.17, 15) is 9.59 Å². The number of anilines is 1. The highest BCUT2D eigenvalue weighted by molar-refractivity contribution is 7.98. The van der Waals surface area contributed by atoms with Crippen molar-refractivity contribution in [2.75, 3.05) is 18.6 Å². The number of hydrogen-bond donors (Lipinski definition) is 1. The molecule has 10 heteroatoms. The number of nitrogens with two attached hydrogens (primary N) is 1. The summed E-state index contributed by atoms with van der Waals surface area (Å²) >= 11 is 1.20. The molecule has 0 aliphatic rings. The molecule has 176 valence electrons. The van der Waals surface area contributed by atoms with E-state index in [0.717, 1.165) is 21.3 Å². The van der Waals surface area contributed by atoms with Gasteiger partial charge in [-0.05, 0) is 37.4 Å². The fraction of sp³-hybridized carbons (Fsp3) is 0.120. The van der Waals surface area contributed by atoms with Crippen LogP contribution >= 0.6 is 11.8 Å². The quantitative estimate of drug-likeness (QED) is 0.272. The number of thioether (sulfide) groups is 1. The van der Waals surface area contributed by atoms with E-state index in [0.29, 0.717) is 16.5 Å². The second-order valence-electron chi connectivity index (χ2n) is 7.52. The van der Waals surface area contributed by atoms with E-state index >= 15 is 0 Å². The van der Waals surface area contributed by atoms with Crippen LogP contribution in [0.25, 0.3) is 28.1 Å². The lowest BCUT2D eigenvalue weighted by atomic mass is 10.2. The van der Waals surface area contributed by atoms with Crippen molar-refractivity contribution in [2.45, 2.75) is 11.9 Å². The van der Waals surface area contributed by atoms with Crippen molar-refractivity contribution in [1.29, 1.82) is 0 Å². The molecule has 5 aromatic rings. The number of carbonyl (C=O) groups is 2. The molecule has 2 aromatic carbocycles. The van der Waals surface area contributed by atoms with Crippen molar-refractivity contribution in [3.63, 3.8) is 0 Å². The van der Waals surface area contributed by atoms with Crippen LogP contribution in [0.15, 0.2) is 76.2 Å². The number of para-hydroxylation sites is 2. The van der Waals surface area contributed by atoms with Crippen LogP contribution in [-0.4, -0.2) is 44.3 Å². The first-order valence-electron chi connectivity index (χ1n) is 10.8. The van der Waals surface area contributed by atoms with Gasteiger partial charge in [0.15, 0.2) is 11.5 Å². The average Bonchev–Trinajstić information content (AvgIpc) is 3.59. The van der Waals surface area contributed by atoms with Gasteiger partial charge in [-0.3, -0.25) is 4.79 Å². The summed E-state index contributed by atoms with van der Waals surface area (Å²) in [5.74, 6) is -0.768. The third-order valence-corrected chi connectivity index (χ3v) is 6.03. The number of nitrogen functional groups attached to an aromatic ring is 1. The molecule has 0 saturated carbocycles. The number of fused-ring (bicyclic) bond motifs is 1. The van der Waals surface area contributed by atoms with Crippen molar-refractivity contribution < 1.29 is 18.7 Å². The van der Waals surface area contributed by atoms with E-state index in [1.807, 2.05) is 60.7 Å². The largest absolute Gasteiger partial charge is 0.462 e. The van der Waals surface area contributed by atoms with E-state index in [2.05, 4.69) is 10.2 Å². The number of hydrogen-bond acceptors (Lipinski definition) is 8. The first-order chi connectivity index (χ1) is 17.0. The minimum absolute atomic E-state index is 0.0627. The summed E-state index contributed by atoms with van der Waals surface area (Å²) < 4.78 is 13.8. The molecule has 0 radical (unpaired) electrons. The van der Waals surface area contributed by atoms with Gasteiger partial charge in [-0.2, -0.15) is 14.9 Å². The van der Waals surface area contributed by atoms with Gasteiger partial charge in [0.1, 0.15) is 27.7 Å². The van der Waals surface area contributed by atoms with E-state index in [4.69, 9.17) is 14.9 Å². The van der Waals surface area contributed by atoms with Gasteiger partial charge >= 0.3 is 11.9 Å². The second-order valence-corrected chi connectivity index (χ2v) is 8.31. The standard InChI is InChI=1S/C25H21N5O4S/c1-3-33-25(32)21-22(26)30(28-23(21)35-2)24(31)17-14-18(29(27-17)16-10-5-4-6-11-16)20-13-15-9-7-8-12-19(15)34-20/h4-14H,3,26H2,1-2H3. The normalized spacial score (nSPS) is 11.1. The summed E-state index contributed by atoms with van der Waals surface area (Å²) in [6, 6.07) is 20.6. The molecule has 9 nitrogen and oxygen atoms in total. The molecule has 0 spiro atoms. The van der Waals surface area contributed by atoms with Gasteiger partial charge in [0.05, 0.1) is 12.3 Å². The molecule has 0 atom stereocenters. The number of benzene rings is 2. The Labute approximate surface area is 204 Å². The smallest absolute Gasteiger partial charge is 0.344 e. The lowest BCUT2D eigenvalue weighted by Crippen LogP contribution is -2.18. The van der Waals surface area contributed by atoms with Crippen LogP contribution in [0.1, 0.15) is 27.8 Å². The molecule has 0 unspecified atom stereocenters. The Bertz CT molecular complexity index is 1520. The Balaban J connectivity index is 1.63. The molecule has 2 N–H and O–H groups in total. The van der Waals surface area contributed by atoms with Crippen molar-refractivity contribution in [3.8, 4) is 17.1 Å². The van der Waals surface area contributed by atoms with Gasteiger partial charge in [0.25, 0.3) is 0 Å². The fourth-order valence-electron chi connectivity index (χ4n) is 3.75. The van der Waals surface area contributed by atoms with Crippen LogP contribution in [0.4, 0.5) is 5.82 Å². The fourth-order valence-corrected chi connectivity index (χ4v) is 4.30. The highest BCUT2D eigenvalue weighted by Crippen LogP contribution is 2.31. The van der Waals surface area contributed by atoms with Crippen molar-refractivity contribution >= 4 is 40.4 Å². The first-order valence-corrected chi connectivity index (χ1v) is 12.0. The topological polar surface area (TPSA) is 118 Å². The Hall–Kier alpha value is -4.31. The number of nitrogens with zero attached hydrogens (tertiary/aromatic N) is 4. The molecule has 3 aromatic heterocycles. The van der Waals surface area contributed by atoms with Crippen LogP contribution in [-0.2, 0) is 4.74 Å². The molecule has 0 aliphatic heterocycles. The average molecular weight is 488 g/mol. The van der Waals surface area contributed by atoms with Gasteiger partial charge < -0.3 is 14.9 Å². The van der Waals surface area contributed by atoms with Crippen LogP contribution in [0.3, 0.4) is 0 Å². The SMILES string of the molecule is CCOC(=O)c1c(SC)nn(C(=O)c2cc(-c3cc4ccccc4o3)n(-c3ccccc3)n2)c1N. The molecule has 0 aliphatic carbocycles. The van der Waals surface area contributed by atoms with Crippen LogP contribution in [0.2, 0.25) is 0 Å². The Morgan fingerprint density at radius 2 is 1.80 bits per heavy atom. The molecular weight excluding hydrogens is 466 g/mol. The Morgan fingerprint density at radius 1 is 1.06 bits per heavy atom. The molecular formula is C25H21N5O4S. The number of ether oxygens (including phenoxy) is 1. The lowest BCUT2D eigenvalue weighted by molar-refractivity contribution is 0.0523. The summed E-state index contributed by atoms with van der Waals surface area (Å²) in [5, 5.41) is 10.0. The number of esters is 1. The monoisotopic (exact) mass is 487 g/mol. The lowest BCUT2D eigenvalue weighted by Gasteiger charge is -2.05. The number of rotatable bonds is 6. The number of aromatic nitrogens is 4. The molecule has 0 fully saturated rings.